The van der Waals surface area contributed by atoms with E-state index in [-0.39, 0.29) is 0 Å². The van der Waals surface area contributed by atoms with Crippen LogP contribution < -0.4 is 15.4 Å². The SMILES string of the molecule is CN=C(NCC1CC1)NCC(c1ccc(OC)cc1)N1CCCC1. The summed E-state index contributed by atoms with van der Waals surface area (Å²) in [4.78, 5) is 6.94. The van der Waals surface area contributed by atoms with Crippen LogP contribution in [0.15, 0.2) is 29.3 Å². The van der Waals surface area contributed by atoms with Gasteiger partial charge in [-0.05, 0) is 62.4 Å². The summed E-state index contributed by atoms with van der Waals surface area (Å²) in [5, 5.41) is 6.97. The molecule has 1 aliphatic heterocycles. The van der Waals surface area contributed by atoms with E-state index in [2.05, 4.69) is 44.8 Å². The highest BCUT2D eigenvalue weighted by molar-refractivity contribution is 5.79. The Morgan fingerprint density at radius 2 is 1.92 bits per heavy atom. The number of ether oxygens (including phenoxy) is 1. The zero-order valence-electron chi connectivity index (χ0n) is 14.9. The maximum absolute atomic E-state index is 5.29. The molecule has 1 atom stereocenters. The molecule has 0 spiro atoms. The van der Waals surface area contributed by atoms with Gasteiger partial charge in [-0.1, -0.05) is 12.1 Å². The van der Waals surface area contributed by atoms with Crippen LogP contribution in [0.5, 0.6) is 5.75 Å². The van der Waals surface area contributed by atoms with Gasteiger partial charge in [0.2, 0.25) is 0 Å². The molecule has 1 saturated carbocycles. The molecule has 1 heterocycles. The van der Waals surface area contributed by atoms with Crippen LogP contribution in [0.25, 0.3) is 0 Å². The Morgan fingerprint density at radius 1 is 1.21 bits per heavy atom. The number of hydrogen-bond donors (Lipinski definition) is 2. The minimum Gasteiger partial charge on any atom is -0.497 e. The van der Waals surface area contributed by atoms with Gasteiger partial charge < -0.3 is 15.4 Å². The minimum atomic E-state index is 0.373. The number of methoxy groups -OCH3 is 1. The van der Waals surface area contributed by atoms with Crippen molar-refractivity contribution in [3.05, 3.63) is 29.8 Å². The lowest BCUT2D eigenvalue weighted by molar-refractivity contribution is 0.245. The van der Waals surface area contributed by atoms with Crippen molar-refractivity contribution in [2.24, 2.45) is 10.9 Å². The first-order valence-electron chi connectivity index (χ1n) is 9.12. The highest BCUT2D eigenvalue weighted by Gasteiger charge is 2.24. The third kappa shape index (κ3) is 4.63. The topological polar surface area (TPSA) is 48.9 Å². The van der Waals surface area contributed by atoms with Crippen LogP contribution in [-0.2, 0) is 0 Å². The summed E-state index contributed by atoms with van der Waals surface area (Å²) in [5.74, 6) is 2.67. The first kappa shape index (κ1) is 17.1. The summed E-state index contributed by atoms with van der Waals surface area (Å²) in [7, 11) is 3.56. The molecule has 2 aliphatic rings. The highest BCUT2D eigenvalue weighted by Crippen LogP contribution is 2.28. The number of guanidine groups is 1. The van der Waals surface area contributed by atoms with Crippen molar-refractivity contribution in [2.75, 3.05) is 40.3 Å². The van der Waals surface area contributed by atoms with E-state index >= 15 is 0 Å². The predicted octanol–water partition coefficient (Wildman–Crippen LogP) is 2.41. The summed E-state index contributed by atoms with van der Waals surface area (Å²) < 4.78 is 5.29. The van der Waals surface area contributed by atoms with Gasteiger partial charge in [-0.25, -0.2) is 0 Å². The standard InChI is InChI=1S/C19H30N4O/c1-20-19(21-13-15-5-6-15)22-14-18(23-11-3-4-12-23)16-7-9-17(24-2)10-8-16/h7-10,15,18H,3-6,11-14H2,1-2H3,(H2,20,21,22). The molecule has 1 aliphatic carbocycles. The maximum Gasteiger partial charge on any atom is 0.191 e. The molecule has 3 rings (SSSR count). The average molecular weight is 330 g/mol. The molecule has 1 aromatic carbocycles. The van der Waals surface area contributed by atoms with Gasteiger partial charge in [0.25, 0.3) is 0 Å². The lowest BCUT2D eigenvalue weighted by Crippen LogP contribution is -2.43. The molecule has 0 amide bonds. The Kier molecular flexibility index (Phi) is 5.96. The van der Waals surface area contributed by atoms with Gasteiger partial charge in [0, 0.05) is 20.1 Å². The Morgan fingerprint density at radius 3 is 2.50 bits per heavy atom. The van der Waals surface area contributed by atoms with Crippen LogP contribution >= 0.6 is 0 Å². The van der Waals surface area contributed by atoms with Crippen LogP contribution in [-0.4, -0.2) is 51.2 Å². The fourth-order valence-corrected chi connectivity index (χ4v) is 3.31. The molecule has 24 heavy (non-hydrogen) atoms. The van der Waals surface area contributed by atoms with Gasteiger partial charge in [0.05, 0.1) is 13.2 Å². The molecule has 132 valence electrons. The van der Waals surface area contributed by atoms with Crippen LogP contribution in [0.2, 0.25) is 0 Å². The molecule has 0 radical (unpaired) electrons. The molecular weight excluding hydrogens is 300 g/mol. The molecule has 0 bridgehead atoms. The van der Waals surface area contributed by atoms with Gasteiger partial charge in [-0.15, -0.1) is 0 Å². The number of hydrogen-bond acceptors (Lipinski definition) is 3. The fraction of sp³-hybridized carbons (Fsp3) is 0.632. The number of rotatable bonds is 7. The first-order valence-corrected chi connectivity index (χ1v) is 9.12. The van der Waals surface area contributed by atoms with Crippen LogP contribution in [0.1, 0.15) is 37.3 Å². The zero-order chi connectivity index (χ0) is 16.8. The van der Waals surface area contributed by atoms with E-state index in [4.69, 9.17) is 4.74 Å². The van der Waals surface area contributed by atoms with Gasteiger partial charge in [0.1, 0.15) is 5.75 Å². The molecule has 1 saturated heterocycles. The molecule has 1 aromatic rings. The Labute approximate surface area is 145 Å². The third-order valence-corrected chi connectivity index (χ3v) is 5.02. The summed E-state index contributed by atoms with van der Waals surface area (Å²) in [6.07, 6.45) is 5.29. The Bertz CT molecular complexity index is 533. The molecule has 2 fully saturated rings. The van der Waals surface area contributed by atoms with Gasteiger partial charge in [-0.2, -0.15) is 0 Å². The normalized spacial score (nSPS) is 20.0. The van der Waals surface area contributed by atoms with Gasteiger partial charge in [0.15, 0.2) is 5.96 Å². The lowest BCUT2D eigenvalue weighted by Gasteiger charge is -2.29. The van der Waals surface area contributed by atoms with E-state index in [1.54, 1.807) is 7.11 Å². The van der Waals surface area contributed by atoms with Crippen LogP contribution in [0.3, 0.4) is 0 Å². The summed E-state index contributed by atoms with van der Waals surface area (Å²) in [6, 6.07) is 8.85. The van der Waals surface area contributed by atoms with E-state index in [9.17, 15) is 0 Å². The van der Waals surface area contributed by atoms with Crippen molar-refractivity contribution in [3.63, 3.8) is 0 Å². The predicted molar refractivity (Wildman–Crippen MR) is 98.6 cm³/mol. The molecule has 1 unspecified atom stereocenters. The van der Waals surface area contributed by atoms with Crippen molar-refractivity contribution < 1.29 is 4.74 Å². The second kappa shape index (κ2) is 8.38. The quantitative estimate of drug-likeness (QED) is 0.595. The summed E-state index contributed by atoms with van der Waals surface area (Å²) in [5.41, 5.74) is 1.34. The molecule has 5 heteroatoms. The van der Waals surface area contributed by atoms with Crippen molar-refractivity contribution in [1.82, 2.24) is 15.5 Å². The van der Waals surface area contributed by atoms with E-state index in [1.807, 2.05) is 7.05 Å². The van der Waals surface area contributed by atoms with Crippen molar-refractivity contribution in [3.8, 4) is 5.75 Å². The fourth-order valence-electron chi connectivity index (χ4n) is 3.31. The van der Waals surface area contributed by atoms with Gasteiger partial charge >= 0.3 is 0 Å². The maximum atomic E-state index is 5.29. The van der Waals surface area contributed by atoms with Crippen molar-refractivity contribution in [2.45, 2.75) is 31.7 Å². The van der Waals surface area contributed by atoms with E-state index in [0.29, 0.717) is 6.04 Å². The van der Waals surface area contributed by atoms with E-state index in [1.165, 1.54) is 44.3 Å². The number of aliphatic imine (C=N–C) groups is 1. The second-order valence-corrected chi connectivity index (χ2v) is 6.81. The van der Waals surface area contributed by atoms with Crippen molar-refractivity contribution in [1.29, 1.82) is 0 Å². The van der Waals surface area contributed by atoms with Crippen LogP contribution in [0.4, 0.5) is 0 Å². The zero-order valence-corrected chi connectivity index (χ0v) is 14.9. The van der Waals surface area contributed by atoms with Crippen molar-refractivity contribution >= 4 is 5.96 Å². The third-order valence-electron chi connectivity index (χ3n) is 5.02. The first-order chi connectivity index (χ1) is 11.8. The number of nitrogens with zero attached hydrogens (tertiary/aromatic N) is 2. The Hall–Kier alpha value is -1.75. The van der Waals surface area contributed by atoms with E-state index in [0.717, 1.165) is 30.7 Å². The van der Waals surface area contributed by atoms with E-state index < -0.39 is 0 Å². The molecule has 2 N–H and O–H groups in total. The molecule has 5 nitrogen and oxygen atoms in total. The minimum absolute atomic E-state index is 0.373. The number of benzene rings is 1. The van der Waals surface area contributed by atoms with Crippen LogP contribution in [0, 0.1) is 5.92 Å². The highest BCUT2D eigenvalue weighted by atomic mass is 16.5. The smallest absolute Gasteiger partial charge is 0.191 e. The van der Waals surface area contributed by atoms with Gasteiger partial charge in [-0.3, -0.25) is 9.89 Å². The monoisotopic (exact) mass is 330 g/mol. The average Bonchev–Trinajstić information content (AvgIpc) is 3.30. The largest absolute Gasteiger partial charge is 0.497 e. The molecular formula is C19H30N4O. The lowest BCUT2D eigenvalue weighted by atomic mass is 10.1. The Balaban J connectivity index is 1.62. The molecule has 0 aromatic heterocycles. The number of nitrogens with one attached hydrogen (secondary N) is 2. The summed E-state index contributed by atoms with van der Waals surface area (Å²) in [6.45, 7) is 4.26. The second-order valence-electron chi connectivity index (χ2n) is 6.81. The summed E-state index contributed by atoms with van der Waals surface area (Å²) >= 11 is 0. The number of likely N-dealkylation sites (tertiary alicyclic amines) is 1.